The second kappa shape index (κ2) is 6.95. The van der Waals surface area contributed by atoms with Crippen LogP contribution in [0.4, 0.5) is 0 Å². The average Bonchev–Trinajstić information content (AvgIpc) is 3.04. The molecule has 0 radical (unpaired) electrons. The molecule has 0 bridgehead atoms. The van der Waals surface area contributed by atoms with Gasteiger partial charge in [-0.1, -0.05) is 6.92 Å². The van der Waals surface area contributed by atoms with E-state index in [1.807, 2.05) is 23.7 Å². The quantitative estimate of drug-likeness (QED) is 0.751. The Kier molecular flexibility index (Phi) is 4.84. The maximum atomic E-state index is 6.41. The summed E-state index contributed by atoms with van der Waals surface area (Å²) in [5, 5.41) is 0.307. The summed E-state index contributed by atoms with van der Waals surface area (Å²) >= 11 is 7.78. The number of nitrogens with zero attached hydrogens (tertiary/aromatic N) is 3. The molecule has 4 heterocycles. The number of likely N-dealkylation sites (tertiary alicyclic amines) is 1. The molecular formula is C19H24ClN3OS. The van der Waals surface area contributed by atoms with Crippen LogP contribution in [0.3, 0.4) is 0 Å². The number of ether oxygens (including phenoxy) is 1. The second-order valence-corrected chi connectivity index (χ2v) is 8.69. The molecule has 4 rings (SSSR count). The molecule has 0 N–H and O–H groups in total. The molecule has 25 heavy (non-hydrogen) atoms. The number of halogens is 1. The molecule has 2 aromatic rings. The van der Waals surface area contributed by atoms with Gasteiger partial charge < -0.3 is 4.74 Å². The highest BCUT2D eigenvalue weighted by Gasteiger charge is 2.44. The monoisotopic (exact) mass is 377 g/mol. The number of piperidine rings is 1. The van der Waals surface area contributed by atoms with Crippen molar-refractivity contribution in [3.63, 3.8) is 0 Å². The third kappa shape index (κ3) is 3.35. The van der Waals surface area contributed by atoms with Gasteiger partial charge in [-0.3, -0.25) is 4.90 Å². The van der Waals surface area contributed by atoms with Crippen molar-refractivity contribution in [1.29, 1.82) is 0 Å². The number of aryl methyl sites for hydroxylation is 1. The summed E-state index contributed by atoms with van der Waals surface area (Å²) in [5.74, 6) is 0. The summed E-state index contributed by atoms with van der Waals surface area (Å²) in [6.45, 7) is 7.30. The minimum Gasteiger partial charge on any atom is -0.370 e. The Morgan fingerprint density at radius 1 is 1.40 bits per heavy atom. The van der Waals surface area contributed by atoms with Gasteiger partial charge in [0.05, 0.1) is 12.2 Å². The van der Waals surface area contributed by atoms with Gasteiger partial charge in [0.25, 0.3) is 0 Å². The lowest BCUT2D eigenvalue weighted by atomic mass is 9.79. The first-order valence-electron chi connectivity index (χ1n) is 9.06. The SMILES string of the molecule is CCc1cc2c(s1)CCOC21CCN(Cc2cnc(Cl)nc2)C(C)C1. The Bertz CT molecular complexity index is 748. The van der Waals surface area contributed by atoms with Crippen molar-refractivity contribution < 1.29 is 4.74 Å². The fourth-order valence-corrected chi connectivity index (χ4v) is 5.44. The van der Waals surface area contributed by atoms with Crippen LogP contribution in [0.5, 0.6) is 0 Å². The first-order valence-corrected chi connectivity index (χ1v) is 10.3. The van der Waals surface area contributed by atoms with E-state index in [0.29, 0.717) is 11.3 Å². The molecule has 2 unspecified atom stereocenters. The van der Waals surface area contributed by atoms with E-state index >= 15 is 0 Å². The van der Waals surface area contributed by atoms with Crippen LogP contribution in [0.25, 0.3) is 0 Å². The molecule has 0 aromatic carbocycles. The van der Waals surface area contributed by atoms with Crippen LogP contribution in [0.2, 0.25) is 5.28 Å². The van der Waals surface area contributed by atoms with Crippen LogP contribution in [-0.2, 0) is 29.7 Å². The summed E-state index contributed by atoms with van der Waals surface area (Å²) in [6, 6.07) is 2.87. The van der Waals surface area contributed by atoms with Gasteiger partial charge in [0, 0.05) is 53.3 Å². The van der Waals surface area contributed by atoms with Crippen molar-refractivity contribution >= 4 is 22.9 Å². The van der Waals surface area contributed by atoms with Gasteiger partial charge in [0.15, 0.2) is 0 Å². The predicted octanol–water partition coefficient (Wildman–Crippen LogP) is 4.21. The van der Waals surface area contributed by atoms with Crippen molar-refractivity contribution in [2.24, 2.45) is 0 Å². The minimum absolute atomic E-state index is 0.0794. The zero-order valence-electron chi connectivity index (χ0n) is 14.8. The highest BCUT2D eigenvalue weighted by molar-refractivity contribution is 7.12. The van der Waals surface area contributed by atoms with E-state index in [-0.39, 0.29) is 5.60 Å². The van der Waals surface area contributed by atoms with E-state index in [1.54, 1.807) is 4.88 Å². The number of aromatic nitrogens is 2. The third-order valence-electron chi connectivity index (χ3n) is 5.52. The predicted molar refractivity (Wildman–Crippen MR) is 101 cm³/mol. The Morgan fingerprint density at radius 2 is 2.20 bits per heavy atom. The molecule has 0 amide bonds. The van der Waals surface area contributed by atoms with Crippen LogP contribution in [0.15, 0.2) is 18.5 Å². The molecule has 2 aliphatic heterocycles. The Hall–Kier alpha value is -1.01. The van der Waals surface area contributed by atoms with Crippen LogP contribution in [0, 0.1) is 0 Å². The standard InChI is InChI=1S/C19H24ClN3OS/c1-3-15-8-16-17(25-15)4-7-24-19(16)5-6-23(13(2)9-19)12-14-10-21-18(20)22-11-14/h8,10-11,13H,3-7,9,12H2,1-2H3. The Labute approximate surface area is 158 Å². The van der Waals surface area contributed by atoms with Crippen LogP contribution >= 0.6 is 22.9 Å². The molecule has 2 aliphatic rings. The van der Waals surface area contributed by atoms with Gasteiger partial charge in [-0.15, -0.1) is 11.3 Å². The molecule has 6 heteroatoms. The van der Waals surface area contributed by atoms with E-state index in [2.05, 4.69) is 34.8 Å². The van der Waals surface area contributed by atoms with Gasteiger partial charge in [0.2, 0.25) is 5.28 Å². The smallest absolute Gasteiger partial charge is 0.222 e. The lowest BCUT2D eigenvalue weighted by Crippen LogP contribution is -2.50. The summed E-state index contributed by atoms with van der Waals surface area (Å²) in [7, 11) is 0. The summed E-state index contributed by atoms with van der Waals surface area (Å²) < 4.78 is 6.41. The second-order valence-electron chi connectivity index (χ2n) is 7.13. The van der Waals surface area contributed by atoms with Crippen molar-refractivity contribution in [3.05, 3.63) is 44.6 Å². The van der Waals surface area contributed by atoms with Crippen molar-refractivity contribution in [2.75, 3.05) is 13.2 Å². The molecule has 0 saturated carbocycles. The zero-order valence-corrected chi connectivity index (χ0v) is 16.4. The van der Waals surface area contributed by atoms with E-state index in [9.17, 15) is 0 Å². The molecule has 1 saturated heterocycles. The average molecular weight is 378 g/mol. The first kappa shape index (κ1) is 17.4. The Morgan fingerprint density at radius 3 is 2.92 bits per heavy atom. The maximum absolute atomic E-state index is 6.41. The van der Waals surface area contributed by atoms with Crippen molar-refractivity contribution in [2.45, 2.75) is 57.7 Å². The van der Waals surface area contributed by atoms with Gasteiger partial charge >= 0.3 is 0 Å². The number of hydrogen-bond donors (Lipinski definition) is 0. The van der Waals surface area contributed by atoms with Gasteiger partial charge in [0.1, 0.15) is 0 Å². The fraction of sp³-hybridized carbons (Fsp3) is 0.579. The molecule has 134 valence electrons. The topological polar surface area (TPSA) is 38.2 Å². The molecule has 1 fully saturated rings. The van der Waals surface area contributed by atoms with Crippen LogP contribution in [0.1, 0.15) is 47.6 Å². The number of rotatable bonds is 3. The molecular weight excluding hydrogens is 354 g/mol. The number of thiophene rings is 1. The maximum Gasteiger partial charge on any atom is 0.222 e. The molecule has 1 spiro atoms. The highest BCUT2D eigenvalue weighted by atomic mass is 35.5. The summed E-state index contributed by atoms with van der Waals surface area (Å²) in [6.07, 6.45) is 7.95. The van der Waals surface area contributed by atoms with Crippen LogP contribution < -0.4 is 0 Å². The lowest BCUT2D eigenvalue weighted by Gasteiger charge is -2.47. The van der Waals surface area contributed by atoms with Gasteiger partial charge in [-0.2, -0.15) is 0 Å². The normalized spacial score (nSPS) is 26.8. The lowest BCUT2D eigenvalue weighted by molar-refractivity contribution is -0.112. The van der Waals surface area contributed by atoms with Gasteiger partial charge in [-0.25, -0.2) is 9.97 Å². The number of hydrogen-bond acceptors (Lipinski definition) is 5. The summed E-state index contributed by atoms with van der Waals surface area (Å²) in [4.78, 5) is 13.7. The van der Waals surface area contributed by atoms with E-state index in [4.69, 9.17) is 16.3 Å². The number of fused-ring (bicyclic) bond motifs is 2. The van der Waals surface area contributed by atoms with E-state index in [1.165, 1.54) is 10.4 Å². The van der Waals surface area contributed by atoms with E-state index in [0.717, 1.165) is 50.9 Å². The molecule has 0 aliphatic carbocycles. The fourth-order valence-electron chi connectivity index (χ4n) is 4.17. The van der Waals surface area contributed by atoms with Crippen LogP contribution in [-0.4, -0.2) is 34.1 Å². The largest absolute Gasteiger partial charge is 0.370 e. The molecule has 2 atom stereocenters. The van der Waals surface area contributed by atoms with Crippen molar-refractivity contribution in [3.8, 4) is 0 Å². The molecule has 4 nitrogen and oxygen atoms in total. The minimum atomic E-state index is -0.0794. The van der Waals surface area contributed by atoms with E-state index < -0.39 is 0 Å². The van der Waals surface area contributed by atoms with Crippen molar-refractivity contribution in [1.82, 2.24) is 14.9 Å². The third-order valence-corrected chi connectivity index (χ3v) is 7.05. The zero-order chi connectivity index (χ0) is 17.4. The Balaban J connectivity index is 1.51. The highest BCUT2D eigenvalue weighted by Crippen LogP contribution is 2.46. The first-order chi connectivity index (χ1) is 12.1. The van der Waals surface area contributed by atoms with Gasteiger partial charge in [-0.05, 0) is 49.4 Å². The molecule has 2 aromatic heterocycles. The summed E-state index contributed by atoms with van der Waals surface area (Å²) in [5.41, 5.74) is 2.51.